The van der Waals surface area contributed by atoms with Gasteiger partial charge in [-0.05, 0) is 35.7 Å². The van der Waals surface area contributed by atoms with Crippen molar-refractivity contribution < 1.29 is 18.0 Å². The van der Waals surface area contributed by atoms with E-state index in [1.165, 1.54) is 11.3 Å². The van der Waals surface area contributed by atoms with Gasteiger partial charge in [-0.2, -0.15) is 0 Å². The molecule has 138 valence electrons. The molecule has 1 fully saturated rings. The second-order valence-electron chi connectivity index (χ2n) is 6.01. The molecule has 3 rings (SSSR count). The molecule has 7 nitrogen and oxygen atoms in total. The molecule has 1 aromatic heterocycles. The third kappa shape index (κ3) is 4.41. The fraction of sp³-hybridized carbons (Fsp3) is 0.294. The first-order valence-corrected chi connectivity index (χ1v) is 10.8. The zero-order valence-corrected chi connectivity index (χ0v) is 15.8. The highest BCUT2D eigenvalue weighted by Gasteiger charge is 2.25. The van der Waals surface area contributed by atoms with Crippen molar-refractivity contribution in [3.8, 4) is 0 Å². The molecule has 2 heterocycles. The van der Waals surface area contributed by atoms with E-state index in [-0.39, 0.29) is 11.8 Å². The molecule has 0 saturated carbocycles. The molecule has 0 radical (unpaired) electrons. The number of amides is 2. The van der Waals surface area contributed by atoms with Crippen molar-refractivity contribution >= 4 is 38.9 Å². The van der Waals surface area contributed by atoms with E-state index in [0.29, 0.717) is 42.3 Å². The first-order chi connectivity index (χ1) is 12.3. The molecule has 0 bridgehead atoms. The van der Waals surface area contributed by atoms with E-state index in [9.17, 15) is 18.0 Å². The van der Waals surface area contributed by atoms with E-state index in [1.807, 2.05) is 11.4 Å². The quantitative estimate of drug-likeness (QED) is 0.857. The van der Waals surface area contributed by atoms with Crippen LogP contribution in [0.25, 0.3) is 0 Å². The summed E-state index contributed by atoms with van der Waals surface area (Å²) in [6.45, 7) is 1.94. The van der Waals surface area contributed by atoms with Crippen molar-refractivity contribution in [3.05, 3.63) is 52.2 Å². The minimum absolute atomic E-state index is 0.00306. The van der Waals surface area contributed by atoms with E-state index in [0.717, 1.165) is 6.26 Å². The molecule has 0 unspecified atom stereocenters. The van der Waals surface area contributed by atoms with Gasteiger partial charge in [0.25, 0.3) is 11.8 Å². The highest BCUT2D eigenvalue weighted by molar-refractivity contribution is 7.92. The Balaban J connectivity index is 1.59. The van der Waals surface area contributed by atoms with Gasteiger partial charge < -0.3 is 9.80 Å². The van der Waals surface area contributed by atoms with Crippen LogP contribution in [0.2, 0.25) is 0 Å². The van der Waals surface area contributed by atoms with Crippen LogP contribution in [0, 0.1) is 0 Å². The van der Waals surface area contributed by atoms with Crippen LogP contribution < -0.4 is 4.72 Å². The van der Waals surface area contributed by atoms with Gasteiger partial charge in [0.15, 0.2) is 0 Å². The zero-order valence-electron chi connectivity index (χ0n) is 14.2. The summed E-state index contributed by atoms with van der Waals surface area (Å²) in [4.78, 5) is 29.1. The number of hydrogen-bond donors (Lipinski definition) is 1. The molecule has 26 heavy (non-hydrogen) atoms. The Morgan fingerprint density at radius 1 is 0.962 bits per heavy atom. The number of anilines is 1. The zero-order chi connectivity index (χ0) is 18.7. The van der Waals surface area contributed by atoms with Crippen molar-refractivity contribution in [2.24, 2.45) is 0 Å². The molecule has 1 aromatic carbocycles. The fourth-order valence-corrected chi connectivity index (χ4v) is 4.00. The van der Waals surface area contributed by atoms with Gasteiger partial charge in [-0.1, -0.05) is 6.07 Å². The summed E-state index contributed by atoms with van der Waals surface area (Å²) in [5.74, 6) is -0.123. The van der Waals surface area contributed by atoms with Gasteiger partial charge in [-0.25, -0.2) is 8.42 Å². The van der Waals surface area contributed by atoms with Crippen molar-refractivity contribution in [1.82, 2.24) is 9.80 Å². The number of piperazine rings is 1. The average molecular weight is 393 g/mol. The summed E-state index contributed by atoms with van der Waals surface area (Å²) in [5, 5.41) is 1.87. The highest BCUT2D eigenvalue weighted by Crippen LogP contribution is 2.16. The number of benzene rings is 1. The van der Waals surface area contributed by atoms with E-state index < -0.39 is 10.0 Å². The van der Waals surface area contributed by atoms with Gasteiger partial charge in [0.1, 0.15) is 0 Å². The van der Waals surface area contributed by atoms with Crippen molar-refractivity contribution in [2.75, 3.05) is 37.2 Å². The summed E-state index contributed by atoms with van der Waals surface area (Å²) < 4.78 is 24.8. The summed E-state index contributed by atoms with van der Waals surface area (Å²) in [6, 6.07) is 9.96. The maximum absolute atomic E-state index is 12.6. The Morgan fingerprint density at radius 2 is 1.54 bits per heavy atom. The third-order valence-electron chi connectivity index (χ3n) is 4.02. The highest BCUT2D eigenvalue weighted by atomic mass is 32.2. The maximum Gasteiger partial charge on any atom is 0.264 e. The molecule has 1 saturated heterocycles. The first-order valence-electron chi connectivity index (χ1n) is 8.03. The van der Waals surface area contributed by atoms with Gasteiger partial charge in [0, 0.05) is 37.4 Å². The molecule has 1 aliphatic heterocycles. The van der Waals surface area contributed by atoms with E-state index >= 15 is 0 Å². The minimum Gasteiger partial charge on any atom is -0.335 e. The molecule has 1 N–H and O–H groups in total. The molecule has 0 atom stereocenters. The maximum atomic E-state index is 12.6. The molecule has 2 aromatic rings. The van der Waals surface area contributed by atoms with Crippen LogP contribution in [0.5, 0.6) is 0 Å². The average Bonchev–Trinajstić information content (AvgIpc) is 3.14. The van der Waals surface area contributed by atoms with Crippen molar-refractivity contribution in [3.63, 3.8) is 0 Å². The van der Waals surface area contributed by atoms with Crippen LogP contribution >= 0.6 is 11.3 Å². The number of sulfonamides is 1. The van der Waals surface area contributed by atoms with Gasteiger partial charge in [-0.15, -0.1) is 11.3 Å². The van der Waals surface area contributed by atoms with Gasteiger partial charge in [-0.3, -0.25) is 14.3 Å². The monoisotopic (exact) mass is 393 g/mol. The van der Waals surface area contributed by atoms with E-state index in [1.54, 1.807) is 40.1 Å². The summed E-state index contributed by atoms with van der Waals surface area (Å²) >= 11 is 1.41. The number of nitrogens with zero attached hydrogens (tertiary/aromatic N) is 2. The number of thiophene rings is 1. The number of hydrogen-bond acceptors (Lipinski definition) is 5. The number of rotatable bonds is 4. The van der Waals surface area contributed by atoms with Crippen LogP contribution in [-0.4, -0.2) is 62.5 Å². The van der Waals surface area contributed by atoms with Crippen LogP contribution in [-0.2, 0) is 10.0 Å². The lowest BCUT2D eigenvalue weighted by molar-refractivity contribution is 0.0538. The third-order valence-corrected chi connectivity index (χ3v) is 5.49. The Hall–Kier alpha value is -2.39. The largest absolute Gasteiger partial charge is 0.335 e. The SMILES string of the molecule is CS(=O)(=O)Nc1ccc(C(=O)N2CCN(C(=O)c3cccs3)CC2)cc1. The van der Waals surface area contributed by atoms with Crippen molar-refractivity contribution in [2.45, 2.75) is 0 Å². The predicted molar refractivity (Wildman–Crippen MR) is 101 cm³/mol. The Bertz CT molecular complexity index is 885. The number of carbonyl (C=O) groups excluding carboxylic acids is 2. The number of carbonyl (C=O) groups is 2. The molecule has 1 aliphatic rings. The second-order valence-corrected chi connectivity index (χ2v) is 8.71. The lowest BCUT2D eigenvalue weighted by Gasteiger charge is -2.34. The summed E-state index contributed by atoms with van der Waals surface area (Å²) in [5.41, 5.74) is 0.900. The smallest absolute Gasteiger partial charge is 0.264 e. The predicted octanol–water partition coefficient (Wildman–Crippen LogP) is 1.72. The van der Waals surface area contributed by atoms with Gasteiger partial charge >= 0.3 is 0 Å². The first kappa shape index (κ1) is 18.4. The normalized spacial score (nSPS) is 15.0. The van der Waals surface area contributed by atoms with Crippen LogP contribution in [0.1, 0.15) is 20.0 Å². The van der Waals surface area contributed by atoms with Gasteiger partial charge in [0.05, 0.1) is 11.1 Å². The van der Waals surface area contributed by atoms with Crippen LogP contribution in [0.3, 0.4) is 0 Å². The minimum atomic E-state index is -3.35. The van der Waals surface area contributed by atoms with Gasteiger partial charge in [0.2, 0.25) is 10.0 Å². The Morgan fingerprint density at radius 3 is 2.04 bits per heavy atom. The Kier molecular flexibility index (Phi) is 5.28. The fourth-order valence-electron chi connectivity index (χ4n) is 2.75. The van der Waals surface area contributed by atoms with Crippen LogP contribution in [0.4, 0.5) is 5.69 Å². The molecule has 0 aliphatic carbocycles. The van der Waals surface area contributed by atoms with Crippen LogP contribution in [0.15, 0.2) is 41.8 Å². The summed E-state index contributed by atoms with van der Waals surface area (Å²) in [7, 11) is -3.35. The standard InChI is InChI=1S/C17H19N3O4S2/c1-26(23,24)18-14-6-4-13(5-7-14)16(21)19-8-10-20(11-9-19)17(22)15-3-2-12-25-15/h2-7,12,18H,8-11H2,1H3. The molecular weight excluding hydrogens is 374 g/mol. The second kappa shape index (κ2) is 7.46. The van der Waals surface area contributed by atoms with Crippen molar-refractivity contribution in [1.29, 1.82) is 0 Å². The Labute approximate surface area is 156 Å². The lowest BCUT2D eigenvalue weighted by Crippen LogP contribution is -2.50. The molecule has 2 amide bonds. The number of nitrogens with one attached hydrogen (secondary N) is 1. The topological polar surface area (TPSA) is 86.8 Å². The van der Waals surface area contributed by atoms with E-state index in [2.05, 4.69) is 4.72 Å². The van der Waals surface area contributed by atoms with E-state index in [4.69, 9.17) is 0 Å². The lowest BCUT2D eigenvalue weighted by atomic mass is 10.1. The molecule has 9 heteroatoms. The summed E-state index contributed by atoms with van der Waals surface area (Å²) in [6.07, 6.45) is 1.07. The molecular formula is C17H19N3O4S2. The molecule has 0 spiro atoms.